The number of benzene rings is 4. The Morgan fingerprint density at radius 2 is 1.44 bits per heavy atom. The average molecular weight is 840 g/mol. The SMILES string of the molecule is CC(=O)[O-].CC(=O)[O-].C[C@@H](C1CC1)N(Cc1ccc(F)cc1)C(=O)CN1C(=O)O[C@]2(CCc3cc(N=C(c4ccccc4)c4ccccc4)ccc32)C1=O.[Pd+2]. The molecule has 288 valence electrons. The Kier molecular flexibility index (Phi) is 14.4. The number of carboxylic acid groups (broad SMARTS) is 2. The summed E-state index contributed by atoms with van der Waals surface area (Å²) in [5, 5.41) is 17.8. The summed E-state index contributed by atoms with van der Waals surface area (Å²) in [5.41, 5.74) is 4.36. The molecule has 0 aromatic heterocycles. The Morgan fingerprint density at radius 3 is 1.96 bits per heavy atom. The van der Waals surface area contributed by atoms with E-state index in [1.54, 1.807) is 17.0 Å². The van der Waals surface area contributed by atoms with E-state index < -0.39 is 36.1 Å². The predicted octanol–water partition coefficient (Wildman–Crippen LogP) is 4.45. The first-order valence-electron chi connectivity index (χ1n) is 17.6. The van der Waals surface area contributed by atoms with Crippen LogP contribution in [0.5, 0.6) is 0 Å². The van der Waals surface area contributed by atoms with Crippen molar-refractivity contribution in [1.29, 1.82) is 0 Å². The van der Waals surface area contributed by atoms with Crippen LogP contribution in [0, 0.1) is 11.7 Å². The maximum atomic E-state index is 13.9. The molecule has 0 bridgehead atoms. The number of rotatable bonds is 9. The number of hydrogen-bond acceptors (Lipinski definition) is 9. The minimum Gasteiger partial charge on any atom is -0.550 e. The fraction of sp³-hybridized carbons (Fsp3) is 0.286. The maximum absolute atomic E-state index is 13.9. The van der Waals surface area contributed by atoms with Gasteiger partial charge in [0, 0.05) is 47.6 Å². The zero-order valence-electron chi connectivity index (χ0n) is 30.5. The molecular weight excluding hydrogens is 800 g/mol. The fourth-order valence-electron chi connectivity index (χ4n) is 6.63. The molecule has 55 heavy (non-hydrogen) atoms. The van der Waals surface area contributed by atoms with Gasteiger partial charge in [0.25, 0.3) is 5.91 Å². The molecule has 2 atom stereocenters. The molecule has 1 saturated heterocycles. The van der Waals surface area contributed by atoms with Crippen molar-refractivity contribution in [3.05, 3.63) is 137 Å². The first kappa shape index (κ1) is 42.2. The molecule has 1 spiro atoms. The zero-order chi connectivity index (χ0) is 39.0. The van der Waals surface area contributed by atoms with Crippen LogP contribution in [-0.4, -0.2) is 57.9 Å². The molecule has 3 amide bonds. The topological polar surface area (TPSA) is 160 Å². The van der Waals surface area contributed by atoms with Crippen LogP contribution in [0.25, 0.3) is 0 Å². The van der Waals surface area contributed by atoms with Crippen LogP contribution in [0.3, 0.4) is 0 Å². The number of nitrogens with zero attached hydrogens (tertiary/aromatic N) is 3. The van der Waals surface area contributed by atoms with Crippen LogP contribution in [-0.2, 0) is 62.9 Å². The molecular formula is C42H40FN3O8Pd. The number of carbonyl (C=O) groups is 5. The zero-order valence-corrected chi connectivity index (χ0v) is 32.1. The van der Waals surface area contributed by atoms with Gasteiger partial charge in [-0.15, -0.1) is 0 Å². The molecule has 0 N–H and O–H groups in total. The van der Waals surface area contributed by atoms with Crippen LogP contribution in [0.1, 0.15) is 67.9 Å². The number of hydrogen-bond donors (Lipinski definition) is 0. The van der Waals surface area contributed by atoms with Crippen LogP contribution < -0.4 is 10.2 Å². The van der Waals surface area contributed by atoms with Gasteiger partial charge in [0.05, 0.1) is 11.4 Å². The normalized spacial score (nSPS) is 16.9. The van der Waals surface area contributed by atoms with E-state index in [0.29, 0.717) is 24.3 Å². The van der Waals surface area contributed by atoms with Gasteiger partial charge < -0.3 is 29.4 Å². The third-order valence-corrected chi connectivity index (χ3v) is 9.35. The summed E-state index contributed by atoms with van der Waals surface area (Å²) < 4.78 is 19.4. The summed E-state index contributed by atoms with van der Waals surface area (Å²) >= 11 is 0. The van der Waals surface area contributed by atoms with Crippen molar-refractivity contribution >= 4 is 41.2 Å². The van der Waals surface area contributed by atoms with Gasteiger partial charge in [-0.05, 0) is 81.3 Å². The first-order valence-corrected chi connectivity index (χ1v) is 17.6. The van der Waals surface area contributed by atoms with E-state index in [-0.39, 0.29) is 44.7 Å². The smallest absolute Gasteiger partial charge is 0.550 e. The van der Waals surface area contributed by atoms with Gasteiger partial charge in [-0.2, -0.15) is 0 Å². The van der Waals surface area contributed by atoms with Crippen LogP contribution in [0.4, 0.5) is 14.9 Å². The van der Waals surface area contributed by atoms with E-state index in [2.05, 4.69) is 0 Å². The second-order valence-electron chi connectivity index (χ2n) is 13.3. The number of imide groups is 1. The van der Waals surface area contributed by atoms with Crippen molar-refractivity contribution in [3.63, 3.8) is 0 Å². The number of aryl methyl sites for hydroxylation is 1. The van der Waals surface area contributed by atoms with Gasteiger partial charge in [-0.1, -0.05) is 78.9 Å². The van der Waals surface area contributed by atoms with Gasteiger partial charge in [0.2, 0.25) is 11.5 Å². The third kappa shape index (κ3) is 10.6. The average Bonchev–Trinajstić information content (AvgIpc) is 3.90. The molecule has 3 aliphatic rings. The molecule has 1 heterocycles. The van der Waals surface area contributed by atoms with Crippen molar-refractivity contribution in [2.75, 3.05) is 6.54 Å². The number of carboxylic acids is 2. The largest absolute Gasteiger partial charge is 2.00 e. The van der Waals surface area contributed by atoms with Crippen LogP contribution in [0.15, 0.2) is 108 Å². The number of fused-ring (bicyclic) bond motifs is 2. The van der Waals surface area contributed by atoms with E-state index >= 15 is 0 Å². The van der Waals surface area contributed by atoms with Gasteiger partial charge in [-0.25, -0.2) is 19.1 Å². The number of amides is 3. The van der Waals surface area contributed by atoms with E-state index in [1.807, 2.05) is 85.8 Å². The van der Waals surface area contributed by atoms with Crippen LogP contribution >= 0.6 is 0 Å². The number of halogens is 1. The number of aliphatic carboxylic acids is 2. The minimum atomic E-state index is -1.46. The molecule has 2 fully saturated rings. The monoisotopic (exact) mass is 839 g/mol. The van der Waals surface area contributed by atoms with E-state index in [1.165, 1.54) is 12.1 Å². The first-order chi connectivity index (χ1) is 25.8. The Labute approximate surface area is 332 Å². The molecule has 0 unspecified atom stereocenters. The third-order valence-electron chi connectivity index (χ3n) is 9.35. The molecule has 2 aliphatic carbocycles. The summed E-state index contributed by atoms with van der Waals surface area (Å²) in [6.45, 7) is 3.78. The second-order valence-corrected chi connectivity index (χ2v) is 13.3. The van der Waals surface area contributed by atoms with Crippen LogP contribution in [0.2, 0.25) is 0 Å². The van der Waals surface area contributed by atoms with E-state index in [9.17, 15) is 18.8 Å². The predicted molar refractivity (Wildman–Crippen MR) is 193 cm³/mol. The standard InChI is InChI=1S/C38H34FN3O4.2C2H4O2.Pd/c1-25(27-14-15-27)41(23-26-12-16-31(39)17-13-26)34(43)24-42-36(44)38(46-37(42)45)21-20-30-22-32(18-19-33(30)38)40-35(28-8-4-2-5-9-28)29-10-6-3-7-11-29;2*1-2(3)4;/h2-13,16-19,22,25,27H,14-15,20-21,23-24H2,1H3;2*1H3,(H,3,4);/q;;;+2/p-2/t25-,38-;;;/m0.../s1. The molecule has 11 nitrogen and oxygen atoms in total. The van der Waals surface area contributed by atoms with Crippen molar-refractivity contribution in [1.82, 2.24) is 9.80 Å². The molecule has 1 aliphatic heterocycles. The molecule has 7 rings (SSSR count). The van der Waals surface area contributed by atoms with E-state index in [0.717, 1.165) is 65.2 Å². The Bertz CT molecular complexity index is 1980. The summed E-state index contributed by atoms with van der Waals surface area (Å²) in [5.74, 6) is -3.02. The maximum Gasteiger partial charge on any atom is 2.00 e. The Balaban J connectivity index is 0.000000684. The van der Waals surface area contributed by atoms with Crippen molar-refractivity contribution in [2.24, 2.45) is 10.9 Å². The summed E-state index contributed by atoms with van der Waals surface area (Å²) in [4.78, 5) is 66.3. The summed E-state index contributed by atoms with van der Waals surface area (Å²) in [7, 11) is 0. The van der Waals surface area contributed by atoms with Gasteiger partial charge in [0.15, 0.2) is 0 Å². The molecule has 0 radical (unpaired) electrons. The molecule has 1 saturated carbocycles. The fourth-order valence-corrected chi connectivity index (χ4v) is 6.63. The Morgan fingerprint density at radius 1 is 0.891 bits per heavy atom. The second kappa shape index (κ2) is 18.7. The number of ether oxygens (including phenoxy) is 1. The Hall–Kier alpha value is -5.51. The number of carbonyl (C=O) groups excluding carboxylic acids is 5. The molecule has 13 heteroatoms. The van der Waals surface area contributed by atoms with Crippen molar-refractivity contribution < 1.29 is 63.7 Å². The summed E-state index contributed by atoms with van der Waals surface area (Å²) in [6.07, 6.45) is 2.05. The molecule has 4 aromatic carbocycles. The number of aliphatic imine (C=N–C) groups is 1. The van der Waals surface area contributed by atoms with Crippen molar-refractivity contribution in [2.45, 2.75) is 64.6 Å². The quantitative estimate of drug-likeness (QED) is 0.177. The molecule has 4 aromatic rings. The van der Waals surface area contributed by atoms with E-state index in [4.69, 9.17) is 29.5 Å². The van der Waals surface area contributed by atoms with Gasteiger partial charge in [0.1, 0.15) is 12.4 Å². The van der Waals surface area contributed by atoms with Gasteiger partial charge >= 0.3 is 26.5 Å². The van der Waals surface area contributed by atoms with Crippen molar-refractivity contribution in [3.8, 4) is 0 Å². The summed E-state index contributed by atoms with van der Waals surface area (Å²) in [6, 6.07) is 31.5. The minimum absolute atomic E-state index is 0. The van der Waals surface area contributed by atoms with Gasteiger partial charge in [-0.3, -0.25) is 9.59 Å².